The molecule has 0 saturated heterocycles. The maximum atomic E-state index is 8.78. The summed E-state index contributed by atoms with van der Waals surface area (Å²) in [6, 6.07) is 5.96. The third-order valence-corrected chi connectivity index (χ3v) is 3.02. The van der Waals surface area contributed by atoms with E-state index in [-0.39, 0.29) is 0 Å². The van der Waals surface area contributed by atoms with Crippen LogP contribution in [-0.4, -0.2) is 27.0 Å². The summed E-state index contributed by atoms with van der Waals surface area (Å²) < 4.78 is 0. The van der Waals surface area contributed by atoms with Crippen LogP contribution >= 0.6 is 0 Å². The van der Waals surface area contributed by atoms with Crippen molar-refractivity contribution in [2.45, 2.75) is 6.92 Å². The minimum absolute atomic E-state index is 0.384. The van der Waals surface area contributed by atoms with Gasteiger partial charge in [-0.2, -0.15) is 5.26 Å². The predicted molar refractivity (Wildman–Crippen MR) is 75.9 cm³/mol. The number of aryl methyl sites for hydroxylation is 1. The fourth-order valence-corrected chi connectivity index (χ4v) is 2.00. The SMILES string of the molecule is Cc1nc2ccc(-c3cnc(N(C)C#N)nc3)cc2[nH]1. The smallest absolute Gasteiger partial charge is 0.238 e. The fourth-order valence-electron chi connectivity index (χ4n) is 2.00. The van der Waals surface area contributed by atoms with Gasteiger partial charge in [0.15, 0.2) is 6.19 Å². The molecule has 3 aromatic rings. The number of imidazole rings is 1. The maximum absolute atomic E-state index is 8.78. The first-order valence-corrected chi connectivity index (χ1v) is 6.09. The van der Waals surface area contributed by atoms with Crippen molar-refractivity contribution in [2.24, 2.45) is 0 Å². The van der Waals surface area contributed by atoms with E-state index < -0.39 is 0 Å². The number of aromatic nitrogens is 4. The molecule has 0 aliphatic carbocycles. The Labute approximate surface area is 115 Å². The van der Waals surface area contributed by atoms with Crippen LogP contribution in [0.25, 0.3) is 22.2 Å². The van der Waals surface area contributed by atoms with E-state index in [4.69, 9.17) is 5.26 Å². The molecule has 0 amide bonds. The number of hydrogen-bond acceptors (Lipinski definition) is 5. The second kappa shape index (κ2) is 4.63. The number of anilines is 1. The molecular weight excluding hydrogens is 252 g/mol. The van der Waals surface area contributed by atoms with Gasteiger partial charge >= 0.3 is 0 Å². The standard InChI is InChI=1S/C14H12N6/c1-9-18-12-4-3-10(5-13(12)19-9)11-6-16-14(17-7-11)20(2)8-15/h3-7H,1-2H3,(H,18,19). The molecule has 0 saturated carbocycles. The molecular formula is C14H12N6. The molecule has 1 N–H and O–H groups in total. The summed E-state index contributed by atoms with van der Waals surface area (Å²) in [5, 5.41) is 8.78. The molecule has 0 aliphatic rings. The highest BCUT2D eigenvalue weighted by molar-refractivity contribution is 5.81. The van der Waals surface area contributed by atoms with E-state index in [0.717, 1.165) is 28.0 Å². The highest BCUT2D eigenvalue weighted by atomic mass is 15.2. The summed E-state index contributed by atoms with van der Waals surface area (Å²) in [6.07, 6.45) is 5.38. The van der Waals surface area contributed by atoms with Crippen LogP contribution in [0.5, 0.6) is 0 Å². The highest BCUT2D eigenvalue weighted by Gasteiger charge is 2.06. The first kappa shape index (κ1) is 12.1. The van der Waals surface area contributed by atoms with Gasteiger partial charge < -0.3 is 4.98 Å². The average Bonchev–Trinajstić information content (AvgIpc) is 2.85. The van der Waals surface area contributed by atoms with Gasteiger partial charge in [-0.3, -0.25) is 4.90 Å². The minimum Gasteiger partial charge on any atom is -0.342 e. The van der Waals surface area contributed by atoms with Crippen LogP contribution in [0.2, 0.25) is 0 Å². The van der Waals surface area contributed by atoms with E-state index in [1.165, 1.54) is 4.90 Å². The third kappa shape index (κ3) is 2.06. The van der Waals surface area contributed by atoms with E-state index in [1.807, 2.05) is 31.3 Å². The van der Waals surface area contributed by atoms with Gasteiger partial charge in [0.2, 0.25) is 5.95 Å². The summed E-state index contributed by atoms with van der Waals surface area (Å²) in [4.78, 5) is 17.2. The lowest BCUT2D eigenvalue weighted by Gasteiger charge is -2.06. The quantitative estimate of drug-likeness (QED) is 0.567. The first-order valence-electron chi connectivity index (χ1n) is 6.09. The van der Waals surface area contributed by atoms with Crippen molar-refractivity contribution in [1.29, 1.82) is 5.26 Å². The zero-order valence-corrected chi connectivity index (χ0v) is 11.1. The number of hydrogen-bond donors (Lipinski definition) is 1. The molecule has 0 spiro atoms. The van der Waals surface area contributed by atoms with Crippen LogP contribution in [0, 0.1) is 18.4 Å². The molecule has 0 atom stereocenters. The van der Waals surface area contributed by atoms with Gasteiger partial charge in [-0.25, -0.2) is 15.0 Å². The van der Waals surface area contributed by atoms with Gasteiger partial charge in [0.25, 0.3) is 0 Å². The van der Waals surface area contributed by atoms with Gasteiger partial charge in [0.1, 0.15) is 5.82 Å². The fraction of sp³-hybridized carbons (Fsp3) is 0.143. The van der Waals surface area contributed by atoms with Gasteiger partial charge in [-0.15, -0.1) is 0 Å². The highest BCUT2D eigenvalue weighted by Crippen LogP contribution is 2.22. The van der Waals surface area contributed by atoms with E-state index in [9.17, 15) is 0 Å². The molecule has 0 radical (unpaired) electrons. The summed E-state index contributed by atoms with van der Waals surface area (Å²) in [7, 11) is 1.62. The van der Waals surface area contributed by atoms with E-state index in [0.29, 0.717) is 5.95 Å². The Morgan fingerprint density at radius 3 is 2.65 bits per heavy atom. The van der Waals surface area contributed by atoms with Gasteiger partial charge in [0.05, 0.1) is 11.0 Å². The molecule has 0 unspecified atom stereocenters. The van der Waals surface area contributed by atoms with Crippen molar-refractivity contribution in [3.63, 3.8) is 0 Å². The number of H-pyrrole nitrogens is 1. The van der Waals surface area contributed by atoms with Crippen molar-refractivity contribution < 1.29 is 0 Å². The average molecular weight is 264 g/mol. The molecule has 6 heteroatoms. The normalized spacial score (nSPS) is 10.4. The first-order chi connectivity index (χ1) is 9.67. The van der Waals surface area contributed by atoms with Crippen molar-refractivity contribution in [3.8, 4) is 17.3 Å². The molecule has 0 bridgehead atoms. The second-order valence-electron chi connectivity index (χ2n) is 4.48. The van der Waals surface area contributed by atoms with Crippen LogP contribution in [-0.2, 0) is 0 Å². The van der Waals surface area contributed by atoms with Crippen molar-refractivity contribution >= 4 is 17.0 Å². The molecule has 98 valence electrons. The predicted octanol–water partition coefficient (Wildman–Crippen LogP) is 2.25. The van der Waals surface area contributed by atoms with E-state index >= 15 is 0 Å². The molecule has 0 fully saturated rings. The van der Waals surface area contributed by atoms with Gasteiger partial charge in [-0.1, -0.05) is 6.07 Å². The maximum Gasteiger partial charge on any atom is 0.238 e. The lowest BCUT2D eigenvalue weighted by molar-refractivity contribution is 1.05. The van der Waals surface area contributed by atoms with E-state index in [2.05, 4.69) is 19.9 Å². The number of rotatable bonds is 2. The minimum atomic E-state index is 0.384. The molecule has 1 aromatic carbocycles. The summed E-state index contributed by atoms with van der Waals surface area (Å²) >= 11 is 0. The zero-order chi connectivity index (χ0) is 14.1. The number of fused-ring (bicyclic) bond motifs is 1. The summed E-state index contributed by atoms with van der Waals surface area (Å²) in [5.74, 6) is 1.27. The number of aromatic amines is 1. The summed E-state index contributed by atoms with van der Waals surface area (Å²) in [5.41, 5.74) is 3.83. The zero-order valence-electron chi connectivity index (χ0n) is 11.1. The van der Waals surface area contributed by atoms with Crippen LogP contribution < -0.4 is 4.90 Å². The summed E-state index contributed by atoms with van der Waals surface area (Å²) in [6.45, 7) is 1.93. The second-order valence-corrected chi connectivity index (χ2v) is 4.48. The Morgan fingerprint density at radius 1 is 1.20 bits per heavy atom. The van der Waals surface area contributed by atoms with Crippen LogP contribution in [0.4, 0.5) is 5.95 Å². The van der Waals surface area contributed by atoms with Crippen LogP contribution in [0.1, 0.15) is 5.82 Å². The number of nitrogens with zero attached hydrogens (tertiary/aromatic N) is 5. The molecule has 3 rings (SSSR count). The Bertz CT molecular complexity index is 797. The van der Waals surface area contributed by atoms with Gasteiger partial charge in [0, 0.05) is 25.0 Å². The van der Waals surface area contributed by atoms with Crippen molar-refractivity contribution in [3.05, 3.63) is 36.4 Å². The number of benzene rings is 1. The molecule has 2 heterocycles. The Balaban J connectivity index is 2.00. The Morgan fingerprint density at radius 2 is 1.95 bits per heavy atom. The lowest BCUT2D eigenvalue weighted by Crippen LogP contribution is -2.11. The van der Waals surface area contributed by atoms with Crippen molar-refractivity contribution in [2.75, 3.05) is 11.9 Å². The van der Waals surface area contributed by atoms with Crippen molar-refractivity contribution in [1.82, 2.24) is 19.9 Å². The Kier molecular flexibility index (Phi) is 2.80. The lowest BCUT2D eigenvalue weighted by atomic mass is 10.1. The Hall–Kier alpha value is -2.94. The largest absolute Gasteiger partial charge is 0.342 e. The topological polar surface area (TPSA) is 81.5 Å². The number of nitrogens with one attached hydrogen (secondary N) is 1. The molecule has 20 heavy (non-hydrogen) atoms. The van der Waals surface area contributed by atoms with Gasteiger partial charge in [-0.05, 0) is 24.6 Å². The number of nitriles is 1. The van der Waals surface area contributed by atoms with Crippen LogP contribution in [0.3, 0.4) is 0 Å². The third-order valence-electron chi connectivity index (χ3n) is 3.02. The molecule has 0 aliphatic heterocycles. The monoisotopic (exact) mass is 264 g/mol. The molecule has 2 aromatic heterocycles. The van der Waals surface area contributed by atoms with E-state index in [1.54, 1.807) is 19.4 Å². The molecule has 6 nitrogen and oxygen atoms in total. The van der Waals surface area contributed by atoms with Crippen LogP contribution in [0.15, 0.2) is 30.6 Å².